The number of aryl methyl sites for hydroxylation is 1. The normalized spacial score (nSPS) is 21.0. The Morgan fingerprint density at radius 2 is 1.44 bits per heavy atom. The van der Waals surface area contributed by atoms with E-state index >= 15 is 0 Å². The monoisotopic (exact) mass is 933 g/mol. The zero-order chi connectivity index (χ0) is 47.3. The highest BCUT2D eigenvalue weighted by atomic mass is 32.2. The first kappa shape index (κ1) is 46.9. The van der Waals surface area contributed by atoms with E-state index in [0.717, 1.165) is 63.3 Å². The Labute approximate surface area is 399 Å². The van der Waals surface area contributed by atoms with Crippen molar-refractivity contribution >= 4 is 27.5 Å². The summed E-state index contributed by atoms with van der Waals surface area (Å²) < 4.78 is 43.4. The Bertz CT molecular complexity index is 2770. The molecule has 9 rings (SSSR count). The lowest BCUT2D eigenvalue weighted by molar-refractivity contribution is -0.276. The second kappa shape index (κ2) is 20.6. The van der Waals surface area contributed by atoms with Gasteiger partial charge in [0.2, 0.25) is 21.8 Å². The number of aliphatic hydroxyl groups is 1. The van der Waals surface area contributed by atoms with Gasteiger partial charge in [0.15, 0.2) is 6.29 Å². The summed E-state index contributed by atoms with van der Waals surface area (Å²) in [7, 11) is -4.00. The summed E-state index contributed by atoms with van der Waals surface area (Å²) in [5, 5.41) is 15.9. The van der Waals surface area contributed by atoms with Crippen molar-refractivity contribution in [2.24, 2.45) is 5.92 Å². The van der Waals surface area contributed by atoms with Crippen LogP contribution in [0.25, 0.3) is 11.1 Å². The van der Waals surface area contributed by atoms with Gasteiger partial charge < -0.3 is 35.0 Å². The van der Waals surface area contributed by atoms with Crippen LogP contribution in [0.4, 0.5) is 5.69 Å². The molecule has 3 saturated heterocycles. The van der Waals surface area contributed by atoms with Crippen LogP contribution in [-0.2, 0) is 48.7 Å². The number of likely N-dealkylation sites (tertiary alicyclic amines) is 1. The fraction of sp³-hybridized carbons (Fsp3) is 0.309. The molecule has 0 aromatic heterocycles. The smallest absolute Gasteiger partial charge is 0.247 e. The van der Waals surface area contributed by atoms with Crippen LogP contribution >= 0.6 is 0 Å². The highest BCUT2D eigenvalue weighted by molar-refractivity contribution is 7.89. The number of piperidine rings is 1. The predicted octanol–water partition coefficient (Wildman–Crippen LogP) is 7.58. The molecule has 13 heteroatoms. The quantitative estimate of drug-likeness (QED) is 0.0818. The third-order valence-electron chi connectivity index (χ3n) is 13.8. The van der Waals surface area contributed by atoms with E-state index in [4.69, 9.17) is 9.47 Å². The Balaban J connectivity index is 0.906. The van der Waals surface area contributed by atoms with Crippen LogP contribution in [0.1, 0.15) is 65.5 Å². The van der Waals surface area contributed by atoms with Gasteiger partial charge in [-0.05, 0) is 83.8 Å². The number of hydrogen-bond donors (Lipinski definition) is 4. The van der Waals surface area contributed by atoms with E-state index in [2.05, 4.69) is 44.2 Å². The van der Waals surface area contributed by atoms with E-state index in [9.17, 15) is 23.1 Å². The van der Waals surface area contributed by atoms with E-state index in [-0.39, 0.29) is 48.5 Å². The molecule has 3 aliphatic heterocycles. The van der Waals surface area contributed by atoms with Crippen molar-refractivity contribution in [1.82, 2.24) is 20.3 Å². The maximum atomic E-state index is 13.9. The molecule has 0 radical (unpaired) electrons. The van der Waals surface area contributed by atoms with Crippen molar-refractivity contribution in [1.29, 1.82) is 0 Å². The van der Waals surface area contributed by atoms with E-state index in [1.54, 1.807) is 24.3 Å². The molecule has 0 saturated carbocycles. The molecule has 352 valence electrons. The van der Waals surface area contributed by atoms with Crippen LogP contribution in [0.2, 0.25) is 0 Å². The Kier molecular flexibility index (Phi) is 14.2. The van der Waals surface area contributed by atoms with Crippen LogP contribution in [0.15, 0.2) is 163 Å². The second-order valence-electron chi connectivity index (χ2n) is 18.3. The lowest BCUT2D eigenvalue weighted by atomic mass is 9.84. The number of carbonyl (C=O) groups is 2. The lowest BCUT2D eigenvalue weighted by Gasteiger charge is -2.46. The molecule has 0 bridgehead atoms. The molecule has 3 fully saturated rings. The number of nitrogens with one attached hydrogen (secondary N) is 3. The second-order valence-corrected chi connectivity index (χ2v) is 20.0. The first-order chi connectivity index (χ1) is 33.0. The van der Waals surface area contributed by atoms with Gasteiger partial charge in [0.05, 0.1) is 30.4 Å². The van der Waals surface area contributed by atoms with E-state index in [1.165, 1.54) is 0 Å². The van der Waals surface area contributed by atoms with Crippen LogP contribution in [0, 0.1) is 12.8 Å². The lowest BCUT2D eigenvalue weighted by Crippen LogP contribution is -2.57. The molecule has 2 amide bonds. The molecule has 0 aliphatic carbocycles. The number of para-hydroxylation sites is 1. The van der Waals surface area contributed by atoms with Gasteiger partial charge >= 0.3 is 0 Å². The molecule has 3 aliphatic rings. The summed E-state index contributed by atoms with van der Waals surface area (Å²) in [5.41, 5.74) is 7.63. The molecule has 6 aromatic carbocycles. The van der Waals surface area contributed by atoms with Gasteiger partial charge in [-0.25, -0.2) is 8.42 Å². The number of anilines is 1. The summed E-state index contributed by atoms with van der Waals surface area (Å²) in [4.78, 5) is 32.1. The fourth-order valence-electron chi connectivity index (χ4n) is 9.81. The molecular weight excluding hydrogens is 875 g/mol. The number of amides is 2. The first-order valence-electron chi connectivity index (χ1n) is 23.4. The number of nitrogens with zero attached hydrogens (tertiary/aromatic N) is 2. The Morgan fingerprint density at radius 3 is 2.13 bits per heavy atom. The largest absolute Gasteiger partial charge is 0.392 e. The molecule has 3 heterocycles. The highest BCUT2D eigenvalue weighted by Gasteiger charge is 2.51. The minimum Gasteiger partial charge on any atom is -0.392 e. The van der Waals surface area contributed by atoms with Crippen molar-refractivity contribution in [3.63, 3.8) is 0 Å². The van der Waals surface area contributed by atoms with Crippen LogP contribution in [0.3, 0.4) is 0 Å². The average Bonchev–Trinajstić information content (AvgIpc) is 3.68. The summed E-state index contributed by atoms with van der Waals surface area (Å²) >= 11 is 0. The number of hydrogen-bond acceptors (Lipinski definition) is 9. The highest BCUT2D eigenvalue weighted by Crippen LogP contribution is 2.43. The zero-order valence-electron chi connectivity index (χ0n) is 38.5. The SMILES string of the molecule is Cc1ccc(S(=O)(=O)N[C@H](Cc2ccccc2)C(=O)NCc2ccccc2-c2ccc([C@@H]3O[C@H](CN4CCC5(CC4)C(=O)NCN5c4ccccc4)[C@H](C)[C@H](c4ccc(CO)cc4)O3)cc2)cc1. The summed E-state index contributed by atoms with van der Waals surface area (Å²) in [6, 6.07) is 48.9. The topological polar surface area (TPSA) is 150 Å². The Morgan fingerprint density at radius 1 is 0.794 bits per heavy atom. The third-order valence-corrected chi connectivity index (χ3v) is 15.3. The maximum Gasteiger partial charge on any atom is 0.247 e. The number of ether oxygens (including phenoxy) is 2. The van der Waals surface area contributed by atoms with Crippen LogP contribution in [-0.4, -0.2) is 74.2 Å². The molecule has 1 spiro atoms. The number of benzene rings is 6. The number of carbonyl (C=O) groups excluding carboxylic acids is 2. The molecule has 68 heavy (non-hydrogen) atoms. The van der Waals surface area contributed by atoms with Gasteiger partial charge in [-0.15, -0.1) is 0 Å². The van der Waals surface area contributed by atoms with Gasteiger partial charge in [-0.2, -0.15) is 4.72 Å². The predicted molar refractivity (Wildman–Crippen MR) is 262 cm³/mol. The third kappa shape index (κ3) is 10.3. The minimum absolute atomic E-state index is 0.00993. The van der Waals surface area contributed by atoms with Gasteiger partial charge in [0.25, 0.3) is 0 Å². The van der Waals surface area contributed by atoms with E-state index in [0.29, 0.717) is 26.1 Å². The molecule has 4 N–H and O–H groups in total. The van der Waals surface area contributed by atoms with E-state index < -0.39 is 33.8 Å². The van der Waals surface area contributed by atoms with Gasteiger partial charge in [0.1, 0.15) is 11.6 Å². The van der Waals surface area contributed by atoms with Crippen molar-refractivity contribution in [3.05, 3.63) is 191 Å². The van der Waals surface area contributed by atoms with Crippen LogP contribution < -0.4 is 20.3 Å². The Hall–Kier alpha value is -6.19. The van der Waals surface area contributed by atoms with E-state index in [1.807, 2.05) is 128 Å². The number of aliphatic hydroxyl groups excluding tert-OH is 1. The summed E-state index contributed by atoms with van der Waals surface area (Å²) in [5.74, 6) is -0.358. The molecule has 12 nitrogen and oxygen atoms in total. The number of rotatable bonds is 15. The first-order valence-corrected chi connectivity index (χ1v) is 24.9. The van der Waals surface area contributed by atoms with Gasteiger partial charge in [0, 0.05) is 43.3 Å². The summed E-state index contributed by atoms with van der Waals surface area (Å²) in [6.45, 7) is 6.85. The average molecular weight is 934 g/mol. The van der Waals surface area contributed by atoms with Crippen molar-refractivity contribution in [3.8, 4) is 11.1 Å². The molecular formula is C55H59N5O7S. The van der Waals surface area contributed by atoms with Crippen molar-refractivity contribution < 1.29 is 32.6 Å². The van der Waals surface area contributed by atoms with Gasteiger partial charge in [-0.1, -0.05) is 146 Å². The zero-order valence-corrected chi connectivity index (χ0v) is 39.3. The maximum absolute atomic E-state index is 13.9. The van der Waals surface area contributed by atoms with Crippen molar-refractivity contribution in [2.45, 2.75) is 81.2 Å². The summed E-state index contributed by atoms with van der Waals surface area (Å²) in [6.07, 6.45) is 0.434. The number of sulfonamides is 1. The minimum atomic E-state index is -4.00. The van der Waals surface area contributed by atoms with Gasteiger partial charge in [-0.3, -0.25) is 9.59 Å². The molecule has 6 aromatic rings. The van der Waals surface area contributed by atoms with Crippen LogP contribution in [0.5, 0.6) is 0 Å². The molecule has 5 atom stereocenters. The fourth-order valence-corrected chi connectivity index (χ4v) is 11.0. The van der Waals surface area contributed by atoms with Crippen molar-refractivity contribution in [2.75, 3.05) is 31.2 Å². The standard InChI is InChI=1S/C55H59N5O7S/c1-38-17-27-47(28-18-38)68(64,65)58-49(33-40-11-5-3-6-12-40)52(62)56-34-45-13-9-10-16-48(45)42-23-25-44(26-24-42)53-66-50(39(2)51(67-53)43-21-19-41(36-61)20-22-43)35-59-31-29-55(30-32-59)54(63)57-37-60(55)46-14-7-4-8-15-46/h3-28,39,49-51,53,58,61H,29-37H2,1-2H3,(H,56,62)(H,57,63)/t39-,49+,50+,51+,53+/m0/s1. The molecule has 0 unspecified atom stereocenters.